The number of nitrogens with one attached hydrogen (secondary N) is 1. The van der Waals surface area contributed by atoms with Gasteiger partial charge in [-0.25, -0.2) is 0 Å². The van der Waals surface area contributed by atoms with Gasteiger partial charge in [0, 0.05) is 18.4 Å². The van der Waals surface area contributed by atoms with Gasteiger partial charge < -0.3 is 10.4 Å². The van der Waals surface area contributed by atoms with Crippen LogP contribution in [0.4, 0.5) is 0 Å². The minimum Gasteiger partial charge on any atom is -0.508 e. The fourth-order valence-electron chi connectivity index (χ4n) is 2.47. The fraction of sp³-hybridized carbons (Fsp3) is 0.211. The Kier molecular flexibility index (Phi) is 5.37. The van der Waals surface area contributed by atoms with Crippen LogP contribution in [-0.4, -0.2) is 11.0 Å². The number of amides is 1. The van der Waals surface area contributed by atoms with Crippen molar-refractivity contribution in [1.82, 2.24) is 5.32 Å². The molecule has 2 aromatic carbocycles. The molecule has 0 bridgehead atoms. The van der Waals surface area contributed by atoms with Gasteiger partial charge in [0.2, 0.25) is 5.91 Å². The number of hydrogen-bond acceptors (Lipinski definition) is 2. The molecule has 2 N–H and O–H groups in total. The summed E-state index contributed by atoms with van der Waals surface area (Å²) in [6, 6.07) is 16.8. The SMILES string of the molecule is C=CC(c1cccc(O)c1)C(C)C(=O)NCc1ccccc1. The van der Waals surface area contributed by atoms with Crippen molar-refractivity contribution >= 4 is 5.91 Å². The van der Waals surface area contributed by atoms with E-state index in [1.807, 2.05) is 43.3 Å². The first-order valence-corrected chi connectivity index (χ1v) is 7.35. The van der Waals surface area contributed by atoms with E-state index in [0.717, 1.165) is 11.1 Å². The molecule has 22 heavy (non-hydrogen) atoms. The van der Waals surface area contributed by atoms with Crippen LogP contribution in [0.15, 0.2) is 67.3 Å². The Morgan fingerprint density at radius 3 is 2.59 bits per heavy atom. The van der Waals surface area contributed by atoms with Crippen molar-refractivity contribution in [2.75, 3.05) is 0 Å². The first-order valence-electron chi connectivity index (χ1n) is 7.35. The van der Waals surface area contributed by atoms with Gasteiger partial charge in [-0.05, 0) is 23.3 Å². The third-order valence-corrected chi connectivity index (χ3v) is 3.77. The maximum Gasteiger partial charge on any atom is 0.224 e. The van der Waals surface area contributed by atoms with Gasteiger partial charge >= 0.3 is 0 Å². The Hall–Kier alpha value is -2.55. The molecule has 0 aromatic heterocycles. The van der Waals surface area contributed by atoms with E-state index in [9.17, 15) is 9.90 Å². The second-order valence-corrected chi connectivity index (χ2v) is 5.35. The van der Waals surface area contributed by atoms with Crippen LogP contribution < -0.4 is 5.32 Å². The number of phenolic OH excluding ortho intramolecular Hbond substituents is 1. The normalized spacial score (nSPS) is 13.1. The maximum atomic E-state index is 12.4. The van der Waals surface area contributed by atoms with Gasteiger partial charge in [-0.15, -0.1) is 6.58 Å². The lowest BCUT2D eigenvalue weighted by Crippen LogP contribution is -2.31. The van der Waals surface area contributed by atoms with Gasteiger partial charge in [-0.2, -0.15) is 0 Å². The van der Waals surface area contributed by atoms with Crippen molar-refractivity contribution in [3.63, 3.8) is 0 Å². The first kappa shape index (κ1) is 15.8. The molecular formula is C19H21NO2. The molecule has 2 atom stereocenters. The van der Waals surface area contributed by atoms with Crippen LogP contribution in [0.3, 0.4) is 0 Å². The molecule has 2 rings (SSSR count). The van der Waals surface area contributed by atoms with E-state index >= 15 is 0 Å². The van der Waals surface area contributed by atoms with Crippen LogP contribution in [0.2, 0.25) is 0 Å². The summed E-state index contributed by atoms with van der Waals surface area (Å²) in [6.07, 6.45) is 1.75. The molecule has 0 heterocycles. The van der Waals surface area contributed by atoms with Gasteiger partial charge in [0.1, 0.15) is 5.75 Å². The number of rotatable bonds is 6. The van der Waals surface area contributed by atoms with Crippen molar-refractivity contribution in [2.24, 2.45) is 5.92 Å². The molecule has 0 saturated carbocycles. The zero-order valence-electron chi connectivity index (χ0n) is 12.7. The number of benzene rings is 2. The summed E-state index contributed by atoms with van der Waals surface area (Å²) in [6.45, 7) is 6.21. The first-order chi connectivity index (χ1) is 10.6. The van der Waals surface area contributed by atoms with Crippen molar-refractivity contribution < 1.29 is 9.90 Å². The summed E-state index contributed by atoms with van der Waals surface area (Å²) in [5.41, 5.74) is 1.95. The Morgan fingerprint density at radius 2 is 1.95 bits per heavy atom. The third-order valence-electron chi connectivity index (χ3n) is 3.77. The molecular weight excluding hydrogens is 274 g/mol. The van der Waals surface area contributed by atoms with Crippen LogP contribution in [0.25, 0.3) is 0 Å². The zero-order valence-corrected chi connectivity index (χ0v) is 12.7. The lowest BCUT2D eigenvalue weighted by molar-refractivity contribution is -0.125. The summed E-state index contributed by atoms with van der Waals surface area (Å²) < 4.78 is 0. The number of allylic oxidation sites excluding steroid dienone is 1. The van der Waals surface area contributed by atoms with E-state index in [1.165, 1.54) is 0 Å². The zero-order chi connectivity index (χ0) is 15.9. The highest BCUT2D eigenvalue weighted by molar-refractivity contribution is 5.79. The van der Waals surface area contributed by atoms with E-state index in [0.29, 0.717) is 6.54 Å². The molecule has 0 aliphatic rings. The molecule has 0 aliphatic carbocycles. The molecule has 2 aromatic rings. The Labute approximate surface area is 131 Å². The molecule has 114 valence electrons. The minimum atomic E-state index is -0.261. The quantitative estimate of drug-likeness (QED) is 0.800. The largest absolute Gasteiger partial charge is 0.508 e. The van der Waals surface area contributed by atoms with E-state index < -0.39 is 0 Å². The van der Waals surface area contributed by atoms with E-state index in [1.54, 1.807) is 24.3 Å². The summed E-state index contributed by atoms with van der Waals surface area (Å²) in [5, 5.41) is 12.5. The molecule has 0 saturated heterocycles. The maximum absolute atomic E-state index is 12.4. The standard InChI is InChI=1S/C19H21NO2/c1-3-18(16-10-7-11-17(21)12-16)14(2)19(22)20-13-15-8-5-4-6-9-15/h3-12,14,18,21H,1,13H2,2H3,(H,20,22). The Bertz CT molecular complexity index is 637. The van der Waals surface area contributed by atoms with Crippen molar-refractivity contribution in [3.8, 4) is 5.75 Å². The van der Waals surface area contributed by atoms with Crippen LogP contribution >= 0.6 is 0 Å². The lowest BCUT2D eigenvalue weighted by atomic mass is 9.86. The fourth-order valence-corrected chi connectivity index (χ4v) is 2.47. The van der Waals surface area contributed by atoms with E-state index in [2.05, 4.69) is 11.9 Å². The van der Waals surface area contributed by atoms with E-state index in [-0.39, 0.29) is 23.5 Å². The van der Waals surface area contributed by atoms with Gasteiger partial charge in [0.15, 0.2) is 0 Å². The highest BCUT2D eigenvalue weighted by Gasteiger charge is 2.23. The Balaban J connectivity index is 2.03. The lowest BCUT2D eigenvalue weighted by Gasteiger charge is -2.21. The molecule has 0 radical (unpaired) electrons. The average molecular weight is 295 g/mol. The number of carbonyl (C=O) groups excluding carboxylic acids is 1. The van der Waals surface area contributed by atoms with Crippen molar-refractivity contribution in [2.45, 2.75) is 19.4 Å². The second-order valence-electron chi connectivity index (χ2n) is 5.35. The average Bonchev–Trinajstić information content (AvgIpc) is 2.54. The number of hydrogen-bond donors (Lipinski definition) is 2. The molecule has 0 aliphatic heterocycles. The highest BCUT2D eigenvalue weighted by Crippen LogP contribution is 2.28. The minimum absolute atomic E-state index is 0.0305. The number of aromatic hydroxyl groups is 1. The smallest absolute Gasteiger partial charge is 0.224 e. The van der Waals surface area contributed by atoms with Gasteiger partial charge in [0.25, 0.3) is 0 Å². The van der Waals surface area contributed by atoms with Crippen molar-refractivity contribution in [1.29, 1.82) is 0 Å². The van der Waals surface area contributed by atoms with Crippen molar-refractivity contribution in [3.05, 3.63) is 78.4 Å². The van der Waals surface area contributed by atoms with Crippen LogP contribution in [0.1, 0.15) is 24.0 Å². The van der Waals surface area contributed by atoms with Crippen LogP contribution in [0, 0.1) is 5.92 Å². The second kappa shape index (κ2) is 7.46. The Morgan fingerprint density at radius 1 is 1.23 bits per heavy atom. The number of phenols is 1. The van der Waals surface area contributed by atoms with Crippen LogP contribution in [-0.2, 0) is 11.3 Å². The summed E-state index contributed by atoms with van der Waals surface area (Å²) in [4.78, 5) is 12.4. The summed E-state index contributed by atoms with van der Waals surface area (Å²) in [7, 11) is 0. The molecule has 3 heteroatoms. The molecule has 3 nitrogen and oxygen atoms in total. The summed E-state index contributed by atoms with van der Waals surface area (Å²) >= 11 is 0. The van der Waals surface area contributed by atoms with Crippen LogP contribution in [0.5, 0.6) is 5.75 Å². The van der Waals surface area contributed by atoms with Gasteiger partial charge in [-0.1, -0.05) is 55.5 Å². The topological polar surface area (TPSA) is 49.3 Å². The van der Waals surface area contributed by atoms with Gasteiger partial charge in [0.05, 0.1) is 0 Å². The van der Waals surface area contributed by atoms with Gasteiger partial charge in [-0.3, -0.25) is 4.79 Å². The highest BCUT2D eigenvalue weighted by atomic mass is 16.3. The molecule has 1 amide bonds. The molecule has 2 unspecified atom stereocenters. The summed E-state index contributed by atoms with van der Waals surface area (Å²) in [5.74, 6) is -0.232. The van der Waals surface area contributed by atoms with E-state index in [4.69, 9.17) is 0 Å². The monoisotopic (exact) mass is 295 g/mol. The predicted molar refractivity (Wildman–Crippen MR) is 88.5 cm³/mol. The predicted octanol–water partition coefficient (Wildman–Crippen LogP) is 3.61. The third kappa shape index (κ3) is 3.98. The molecule has 0 spiro atoms. The number of carbonyl (C=O) groups is 1. The molecule has 0 fully saturated rings.